The summed E-state index contributed by atoms with van der Waals surface area (Å²) in [6.07, 6.45) is 12.3. The van der Waals surface area contributed by atoms with Gasteiger partial charge in [0.25, 0.3) is 0 Å². The van der Waals surface area contributed by atoms with E-state index in [-0.39, 0.29) is 24.7 Å². The van der Waals surface area contributed by atoms with Crippen LogP contribution in [0, 0.1) is 5.82 Å². The zero-order valence-corrected chi connectivity index (χ0v) is 18.1. The molecule has 1 aromatic rings. The molecule has 29 heavy (non-hydrogen) atoms. The van der Waals surface area contributed by atoms with Gasteiger partial charge in [0.15, 0.2) is 17.3 Å². The van der Waals surface area contributed by atoms with Gasteiger partial charge >= 0.3 is 5.97 Å². The van der Waals surface area contributed by atoms with Gasteiger partial charge < -0.3 is 23.9 Å². The molecular weight excluding hydrogens is 377 g/mol. The Morgan fingerprint density at radius 2 is 1.48 bits per heavy atom. The summed E-state index contributed by atoms with van der Waals surface area (Å²) in [5.41, 5.74) is -0.221. The Labute approximate surface area is 174 Å². The largest absolute Gasteiger partial charge is 0.489 e. The van der Waals surface area contributed by atoms with E-state index in [2.05, 4.69) is 11.9 Å². The summed E-state index contributed by atoms with van der Waals surface area (Å²) in [6.45, 7) is 6.42. The van der Waals surface area contributed by atoms with E-state index in [1.54, 1.807) is 0 Å². The number of nitrogens with one attached hydrogen (secondary N) is 1. The van der Waals surface area contributed by atoms with Crippen LogP contribution in [0.1, 0.15) is 82.1 Å². The van der Waals surface area contributed by atoms with E-state index in [0.29, 0.717) is 26.4 Å². The van der Waals surface area contributed by atoms with E-state index in [4.69, 9.17) is 18.9 Å². The van der Waals surface area contributed by atoms with Crippen molar-refractivity contribution in [3.8, 4) is 5.75 Å². The molecule has 0 bridgehead atoms. The Balaban J connectivity index is 2.11. The van der Waals surface area contributed by atoms with Crippen molar-refractivity contribution >= 4 is 5.97 Å². The Morgan fingerprint density at radius 1 is 0.862 bits per heavy atom. The van der Waals surface area contributed by atoms with Crippen LogP contribution in [-0.4, -0.2) is 50.6 Å². The Morgan fingerprint density at radius 3 is 2.17 bits per heavy atom. The second-order valence-corrected chi connectivity index (χ2v) is 6.96. The van der Waals surface area contributed by atoms with E-state index in [1.807, 2.05) is 6.92 Å². The van der Waals surface area contributed by atoms with Gasteiger partial charge in [0.1, 0.15) is 6.61 Å². The van der Waals surface area contributed by atoms with E-state index in [9.17, 15) is 9.18 Å². The predicted octanol–water partition coefficient (Wildman–Crippen LogP) is 5.27. The molecule has 1 heterocycles. The molecule has 0 spiro atoms. The zero-order valence-electron chi connectivity index (χ0n) is 18.1. The number of carbonyl (C=O) groups excluding carboxylic acids is 1. The van der Waals surface area contributed by atoms with Crippen molar-refractivity contribution in [2.75, 3.05) is 39.6 Å². The lowest BCUT2D eigenvalue weighted by Gasteiger charge is -2.06. The van der Waals surface area contributed by atoms with E-state index < -0.39 is 11.8 Å². The number of aromatic amines is 1. The van der Waals surface area contributed by atoms with Crippen LogP contribution in [0.2, 0.25) is 0 Å². The third-order valence-corrected chi connectivity index (χ3v) is 4.53. The average molecular weight is 416 g/mol. The summed E-state index contributed by atoms with van der Waals surface area (Å²) < 4.78 is 35.1. The number of H-pyrrole nitrogens is 1. The SMILES string of the molecule is CCCCCCCCCCCOc1c[nH]c(C(=O)OCCOCCOCC)c1F. The molecule has 1 aromatic heterocycles. The van der Waals surface area contributed by atoms with Gasteiger partial charge in [-0.25, -0.2) is 9.18 Å². The molecule has 0 aliphatic heterocycles. The first-order valence-corrected chi connectivity index (χ1v) is 11.0. The van der Waals surface area contributed by atoms with Gasteiger partial charge in [-0.3, -0.25) is 0 Å². The maximum atomic E-state index is 14.3. The molecule has 0 fully saturated rings. The lowest BCUT2D eigenvalue weighted by atomic mass is 10.1. The molecule has 0 aliphatic carbocycles. The molecule has 0 amide bonds. The number of hydrogen-bond acceptors (Lipinski definition) is 5. The molecule has 0 aromatic carbocycles. The van der Waals surface area contributed by atoms with Gasteiger partial charge in [0.05, 0.1) is 26.4 Å². The van der Waals surface area contributed by atoms with E-state index in [0.717, 1.165) is 12.8 Å². The number of halogens is 1. The van der Waals surface area contributed by atoms with Gasteiger partial charge in [-0.1, -0.05) is 58.3 Å². The normalized spacial score (nSPS) is 11.0. The second kappa shape index (κ2) is 17.3. The van der Waals surface area contributed by atoms with Crippen LogP contribution in [0.25, 0.3) is 0 Å². The molecular formula is C22H38FNO5. The molecule has 6 nitrogen and oxygen atoms in total. The Hall–Kier alpha value is -1.60. The number of esters is 1. The van der Waals surface area contributed by atoms with Gasteiger partial charge in [0, 0.05) is 12.8 Å². The molecule has 0 unspecified atom stereocenters. The van der Waals surface area contributed by atoms with Crippen molar-refractivity contribution in [1.82, 2.24) is 4.98 Å². The molecule has 168 valence electrons. The Bertz CT molecular complexity index is 535. The first-order chi connectivity index (χ1) is 14.2. The summed E-state index contributed by atoms with van der Waals surface area (Å²) in [7, 11) is 0. The van der Waals surface area contributed by atoms with Crippen LogP contribution < -0.4 is 4.74 Å². The fourth-order valence-corrected chi connectivity index (χ4v) is 2.87. The van der Waals surface area contributed by atoms with E-state index >= 15 is 0 Å². The van der Waals surface area contributed by atoms with Gasteiger partial charge in [-0.05, 0) is 13.3 Å². The first kappa shape index (κ1) is 25.4. The minimum atomic E-state index is -0.756. The number of carbonyl (C=O) groups is 1. The van der Waals surface area contributed by atoms with Crippen molar-refractivity contribution in [1.29, 1.82) is 0 Å². The van der Waals surface area contributed by atoms with Crippen LogP contribution in [0.15, 0.2) is 6.20 Å². The fraction of sp³-hybridized carbons (Fsp3) is 0.773. The van der Waals surface area contributed by atoms with Crippen LogP contribution in [-0.2, 0) is 14.2 Å². The van der Waals surface area contributed by atoms with Crippen molar-refractivity contribution < 1.29 is 28.1 Å². The summed E-state index contributed by atoms with van der Waals surface area (Å²) in [4.78, 5) is 14.5. The first-order valence-electron chi connectivity index (χ1n) is 11.0. The lowest BCUT2D eigenvalue weighted by molar-refractivity contribution is 0.0158. The van der Waals surface area contributed by atoms with Gasteiger partial charge in [0.2, 0.25) is 0 Å². The molecule has 1 rings (SSSR count). The summed E-state index contributed by atoms with van der Waals surface area (Å²) in [6, 6.07) is 0. The lowest BCUT2D eigenvalue weighted by Crippen LogP contribution is -2.14. The number of hydrogen-bond donors (Lipinski definition) is 1. The number of rotatable bonds is 19. The van der Waals surface area contributed by atoms with Crippen LogP contribution in [0.4, 0.5) is 4.39 Å². The third-order valence-electron chi connectivity index (χ3n) is 4.53. The van der Waals surface area contributed by atoms with Crippen LogP contribution in [0.5, 0.6) is 5.75 Å². The quantitative estimate of drug-likeness (QED) is 0.246. The standard InChI is InChI=1S/C22H38FNO5/c1-3-5-6-7-8-9-10-11-12-13-28-19-18-24-21(20(19)23)22(25)29-17-16-27-15-14-26-4-2/h18,24H,3-17H2,1-2H3. The van der Waals surface area contributed by atoms with Crippen molar-refractivity contribution in [2.45, 2.75) is 71.6 Å². The minimum Gasteiger partial charge on any atom is -0.489 e. The van der Waals surface area contributed by atoms with Crippen LogP contribution in [0.3, 0.4) is 0 Å². The molecule has 0 saturated carbocycles. The molecule has 0 radical (unpaired) electrons. The maximum absolute atomic E-state index is 14.3. The van der Waals surface area contributed by atoms with Gasteiger partial charge in [-0.15, -0.1) is 0 Å². The molecule has 0 aliphatic rings. The topological polar surface area (TPSA) is 69.8 Å². The molecule has 0 saturated heterocycles. The summed E-state index contributed by atoms with van der Waals surface area (Å²) in [5.74, 6) is -1.40. The third kappa shape index (κ3) is 11.9. The maximum Gasteiger partial charge on any atom is 0.358 e. The van der Waals surface area contributed by atoms with E-state index in [1.165, 1.54) is 51.1 Å². The van der Waals surface area contributed by atoms with Crippen molar-refractivity contribution in [3.63, 3.8) is 0 Å². The highest BCUT2D eigenvalue weighted by molar-refractivity contribution is 5.88. The van der Waals surface area contributed by atoms with Gasteiger partial charge in [-0.2, -0.15) is 0 Å². The highest BCUT2D eigenvalue weighted by Gasteiger charge is 2.20. The Kier molecular flexibility index (Phi) is 15.2. The smallest absolute Gasteiger partial charge is 0.358 e. The van der Waals surface area contributed by atoms with Crippen molar-refractivity contribution in [2.24, 2.45) is 0 Å². The molecule has 0 atom stereocenters. The molecule has 7 heteroatoms. The average Bonchev–Trinajstić information content (AvgIpc) is 3.09. The molecule has 1 N–H and O–H groups in total. The zero-order chi connectivity index (χ0) is 21.2. The summed E-state index contributed by atoms with van der Waals surface area (Å²) >= 11 is 0. The summed E-state index contributed by atoms with van der Waals surface area (Å²) in [5, 5.41) is 0. The number of unbranched alkanes of at least 4 members (excludes halogenated alkanes) is 8. The monoisotopic (exact) mass is 415 g/mol. The number of ether oxygens (including phenoxy) is 4. The number of aromatic nitrogens is 1. The minimum absolute atomic E-state index is 0.0536. The fourth-order valence-electron chi connectivity index (χ4n) is 2.87. The van der Waals surface area contributed by atoms with Crippen molar-refractivity contribution in [3.05, 3.63) is 17.7 Å². The second-order valence-electron chi connectivity index (χ2n) is 6.96. The van der Waals surface area contributed by atoms with Crippen LogP contribution >= 0.6 is 0 Å². The highest BCUT2D eigenvalue weighted by atomic mass is 19.1. The highest BCUT2D eigenvalue weighted by Crippen LogP contribution is 2.21. The predicted molar refractivity (Wildman–Crippen MR) is 111 cm³/mol.